The first-order valence-electron chi connectivity index (χ1n) is 7.08. The number of anilines is 1. The molecule has 2 saturated heterocycles. The van der Waals surface area contributed by atoms with Crippen molar-refractivity contribution in [3.05, 3.63) is 22.8 Å². The molecule has 3 heterocycles. The summed E-state index contributed by atoms with van der Waals surface area (Å²) >= 11 is 5.65. The quantitative estimate of drug-likeness (QED) is 0.859. The molecule has 1 amide bonds. The summed E-state index contributed by atoms with van der Waals surface area (Å²) in [4.78, 5) is 17.5. The van der Waals surface area contributed by atoms with Gasteiger partial charge in [-0.1, -0.05) is 11.6 Å². The lowest BCUT2D eigenvalue weighted by atomic mass is 9.79. The van der Waals surface area contributed by atoms with E-state index < -0.39 is 17.2 Å². The molecule has 0 radical (unpaired) electrons. The van der Waals surface area contributed by atoms with Crippen molar-refractivity contribution in [2.24, 2.45) is 5.41 Å². The van der Waals surface area contributed by atoms with E-state index in [1.807, 2.05) is 0 Å². The maximum atomic E-state index is 13.2. The summed E-state index contributed by atoms with van der Waals surface area (Å²) in [6.07, 6.45) is -1.24. The number of hydrogen-bond acceptors (Lipinski definition) is 3. The number of piperidine rings is 1. The summed E-state index contributed by atoms with van der Waals surface area (Å²) in [7, 11) is 0. The second kappa shape index (κ2) is 5.30. The Morgan fingerprint density at radius 1 is 1.36 bits per heavy atom. The first-order valence-corrected chi connectivity index (χ1v) is 7.46. The number of halogens is 4. The molecule has 1 spiro atoms. The third-order valence-electron chi connectivity index (χ3n) is 4.39. The predicted octanol–water partition coefficient (Wildman–Crippen LogP) is 2.86. The first-order chi connectivity index (χ1) is 10.3. The van der Waals surface area contributed by atoms with Crippen molar-refractivity contribution in [1.29, 1.82) is 0 Å². The Hall–Kier alpha value is -1.50. The Bertz CT molecular complexity index is 607. The van der Waals surface area contributed by atoms with Gasteiger partial charge in [-0.15, -0.1) is 0 Å². The molecule has 1 N–H and O–H groups in total. The largest absolute Gasteiger partial charge is 0.420 e. The molecular formula is C14H15ClF3N3O. The molecule has 3 rings (SSSR count). The lowest BCUT2D eigenvalue weighted by Crippen LogP contribution is -2.47. The first kappa shape index (κ1) is 15.4. The van der Waals surface area contributed by atoms with Crippen molar-refractivity contribution >= 4 is 23.3 Å². The van der Waals surface area contributed by atoms with Crippen LogP contribution in [0.3, 0.4) is 0 Å². The van der Waals surface area contributed by atoms with Crippen LogP contribution in [0.2, 0.25) is 5.02 Å². The van der Waals surface area contributed by atoms with Crippen LogP contribution >= 0.6 is 11.6 Å². The molecular weight excluding hydrogens is 319 g/mol. The Labute approximate surface area is 130 Å². The fraction of sp³-hybridized carbons (Fsp3) is 0.571. The van der Waals surface area contributed by atoms with Gasteiger partial charge in [0.1, 0.15) is 5.82 Å². The van der Waals surface area contributed by atoms with Crippen molar-refractivity contribution < 1.29 is 18.0 Å². The highest BCUT2D eigenvalue weighted by molar-refractivity contribution is 6.30. The smallest absolute Gasteiger partial charge is 0.356 e. The van der Waals surface area contributed by atoms with E-state index in [1.54, 1.807) is 4.90 Å². The minimum atomic E-state index is -4.53. The summed E-state index contributed by atoms with van der Waals surface area (Å²) in [5.74, 6) is -0.212. The molecule has 1 aromatic heterocycles. The summed E-state index contributed by atoms with van der Waals surface area (Å²) in [5, 5.41) is 2.76. The van der Waals surface area contributed by atoms with E-state index in [9.17, 15) is 18.0 Å². The summed E-state index contributed by atoms with van der Waals surface area (Å²) in [5.41, 5.74) is -1.45. The van der Waals surface area contributed by atoms with Crippen LogP contribution in [0.5, 0.6) is 0 Å². The fourth-order valence-electron chi connectivity index (χ4n) is 3.26. The van der Waals surface area contributed by atoms with E-state index in [0.717, 1.165) is 12.5 Å². The summed E-state index contributed by atoms with van der Waals surface area (Å²) in [6.45, 7) is 1.27. The van der Waals surface area contributed by atoms with Crippen molar-refractivity contribution in [1.82, 2.24) is 10.3 Å². The molecule has 8 heteroatoms. The maximum absolute atomic E-state index is 13.2. The number of carbonyl (C=O) groups excluding carboxylic acids is 1. The SMILES string of the molecule is O=C1NCCC[C@@]12CCN(c1ncc(Cl)cc1C(F)(F)F)C2. The minimum Gasteiger partial charge on any atom is -0.356 e. The number of alkyl halides is 3. The van der Waals surface area contributed by atoms with Gasteiger partial charge in [-0.05, 0) is 25.3 Å². The Morgan fingerprint density at radius 2 is 2.14 bits per heavy atom. The Morgan fingerprint density at radius 3 is 2.82 bits per heavy atom. The third-order valence-corrected chi connectivity index (χ3v) is 4.60. The predicted molar refractivity (Wildman–Crippen MR) is 75.8 cm³/mol. The van der Waals surface area contributed by atoms with Crippen LogP contribution in [0.15, 0.2) is 12.3 Å². The van der Waals surface area contributed by atoms with Gasteiger partial charge in [0, 0.05) is 25.8 Å². The van der Waals surface area contributed by atoms with Crippen LogP contribution in [0, 0.1) is 5.41 Å². The number of carbonyl (C=O) groups is 1. The molecule has 2 aliphatic heterocycles. The number of aromatic nitrogens is 1. The summed E-state index contributed by atoms with van der Waals surface area (Å²) in [6, 6.07) is 0.885. The van der Waals surface area contributed by atoms with Crippen molar-refractivity contribution in [2.45, 2.75) is 25.4 Å². The van der Waals surface area contributed by atoms with Gasteiger partial charge in [0.05, 0.1) is 16.0 Å². The van der Waals surface area contributed by atoms with Crippen molar-refractivity contribution in [3.63, 3.8) is 0 Å². The number of hydrogen-bond donors (Lipinski definition) is 1. The maximum Gasteiger partial charge on any atom is 0.420 e. The monoisotopic (exact) mass is 333 g/mol. The van der Waals surface area contributed by atoms with Crippen LogP contribution in [0.4, 0.5) is 19.0 Å². The van der Waals surface area contributed by atoms with Crippen LogP contribution in [-0.4, -0.2) is 30.5 Å². The minimum absolute atomic E-state index is 0.0552. The van der Waals surface area contributed by atoms with Crippen LogP contribution in [0.25, 0.3) is 0 Å². The Kier molecular flexibility index (Phi) is 3.71. The molecule has 0 saturated carbocycles. The molecule has 1 atom stereocenters. The second-order valence-corrected chi connectivity index (χ2v) is 6.27. The highest BCUT2D eigenvalue weighted by Crippen LogP contribution is 2.43. The molecule has 1 aromatic rings. The molecule has 0 aliphatic carbocycles. The second-order valence-electron chi connectivity index (χ2n) is 5.83. The number of amides is 1. The molecule has 0 unspecified atom stereocenters. The number of rotatable bonds is 1. The van der Waals surface area contributed by atoms with Crippen LogP contribution in [0.1, 0.15) is 24.8 Å². The van der Waals surface area contributed by atoms with Gasteiger partial charge >= 0.3 is 6.18 Å². The molecule has 4 nitrogen and oxygen atoms in total. The van der Waals surface area contributed by atoms with Gasteiger partial charge in [-0.3, -0.25) is 4.79 Å². The zero-order valence-electron chi connectivity index (χ0n) is 11.7. The van der Waals surface area contributed by atoms with Gasteiger partial charge in [-0.2, -0.15) is 13.2 Å². The molecule has 0 bridgehead atoms. The van der Waals surface area contributed by atoms with Crippen LogP contribution in [-0.2, 0) is 11.0 Å². The van der Waals surface area contributed by atoms with E-state index in [2.05, 4.69) is 10.3 Å². The van der Waals surface area contributed by atoms with E-state index in [4.69, 9.17) is 11.6 Å². The molecule has 120 valence electrons. The third kappa shape index (κ3) is 2.62. The topological polar surface area (TPSA) is 45.2 Å². The lowest BCUT2D eigenvalue weighted by molar-refractivity contribution is -0.137. The number of nitrogens with one attached hydrogen (secondary N) is 1. The normalized spacial score (nSPS) is 25.6. The van der Waals surface area contributed by atoms with Crippen LogP contribution < -0.4 is 10.2 Å². The average Bonchev–Trinajstić information content (AvgIpc) is 2.86. The van der Waals surface area contributed by atoms with Gasteiger partial charge in [0.25, 0.3) is 0 Å². The van der Waals surface area contributed by atoms with Gasteiger partial charge < -0.3 is 10.2 Å². The number of nitrogens with zero attached hydrogens (tertiary/aromatic N) is 2. The average molecular weight is 334 g/mol. The highest BCUT2D eigenvalue weighted by Gasteiger charge is 2.47. The zero-order valence-corrected chi connectivity index (χ0v) is 12.5. The lowest BCUT2D eigenvalue weighted by Gasteiger charge is -2.32. The molecule has 0 aromatic carbocycles. The number of pyridine rings is 1. The van der Waals surface area contributed by atoms with E-state index in [1.165, 1.54) is 6.20 Å². The zero-order chi connectivity index (χ0) is 16.0. The van der Waals surface area contributed by atoms with E-state index in [0.29, 0.717) is 25.9 Å². The molecule has 2 aliphatic rings. The van der Waals surface area contributed by atoms with Crippen molar-refractivity contribution in [3.8, 4) is 0 Å². The highest BCUT2D eigenvalue weighted by atomic mass is 35.5. The van der Waals surface area contributed by atoms with E-state index >= 15 is 0 Å². The molecule has 2 fully saturated rings. The Balaban J connectivity index is 1.92. The van der Waals surface area contributed by atoms with Gasteiger partial charge in [0.2, 0.25) is 5.91 Å². The van der Waals surface area contributed by atoms with Gasteiger partial charge in [0.15, 0.2) is 0 Å². The van der Waals surface area contributed by atoms with E-state index in [-0.39, 0.29) is 23.3 Å². The fourth-order valence-corrected chi connectivity index (χ4v) is 3.42. The summed E-state index contributed by atoms with van der Waals surface area (Å²) < 4.78 is 39.6. The molecule has 22 heavy (non-hydrogen) atoms. The van der Waals surface area contributed by atoms with Gasteiger partial charge in [-0.25, -0.2) is 4.98 Å². The standard InChI is InChI=1S/C14H15ClF3N3O/c15-9-6-10(14(16,17)18)11(20-7-9)21-5-3-13(8-21)2-1-4-19-12(13)22/h6-7H,1-5,8H2,(H,19,22)/t13-/m0/s1. The van der Waals surface area contributed by atoms with Crippen molar-refractivity contribution in [2.75, 3.05) is 24.5 Å².